The second kappa shape index (κ2) is 70.9. The first-order valence-corrected chi connectivity index (χ1v) is 42.5. The molecule has 12 atom stereocenters. The van der Waals surface area contributed by atoms with E-state index in [2.05, 4.69) is 104 Å². The smallest absolute Gasteiger partial charge is 0.220 e. The Morgan fingerprint density at radius 1 is 0.363 bits per heavy atom. The maximum atomic E-state index is 13.4. The normalized spacial score (nSPS) is 22.1. The number of unbranched alkanes of at least 4 members (excludes halogenated alkanes) is 44. The van der Waals surface area contributed by atoms with Crippen LogP contribution < -0.4 is 5.32 Å². The van der Waals surface area contributed by atoms with Crippen LogP contribution in [0.25, 0.3) is 0 Å². The average molecular weight is 1440 g/mol. The van der Waals surface area contributed by atoms with Crippen molar-refractivity contribution in [2.24, 2.45) is 0 Å². The molecule has 2 heterocycles. The van der Waals surface area contributed by atoms with E-state index in [-0.39, 0.29) is 18.9 Å². The molecule has 0 saturated carbocycles. The summed E-state index contributed by atoms with van der Waals surface area (Å²) in [6, 6.07) is -0.936. The van der Waals surface area contributed by atoms with Gasteiger partial charge in [0.1, 0.15) is 48.8 Å². The van der Waals surface area contributed by atoms with Gasteiger partial charge in [0.25, 0.3) is 0 Å². The van der Waals surface area contributed by atoms with E-state index in [1.54, 1.807) is 6.08 Å². The van der Waals surface area contributed by atoms with Gasteiger partial charge in [0.2, 0.25) is 5.91 Å². The Hall–Kier alpha value is -3.09. The summed E-state index contributed by atoms with van der Waals surface area (Å²) in [5.41, 5.74) is 0. The van der Waals surface area contributed by atoms with Crippen LogP contribution in [-0.4, -0.2) is 140 Å². The van der Waals surface area contributed by atoms with Crippen LogP contribution in [0.3, 0.4) is 0 Å². The van der Waals surface area contributed by atoms with E-state index in [4.69, 9.17) is 18.9 Å². The molecule has 102 heavy (non-hydrogen) atoms. The molecule has 0 aromatic carbocycles. The number of carbonyl (C=O) groups is 1. The molecular formula is C88H157NO13. The van der Waals surface area contributed by atoms with E-state index < -0.39 is 86.8 Å². The number of aliphatic hydroxyl groups is 8. The maximum Gasteiger partial charge on any atom is 0.220 e. The highest BCUT2D eigenvalue weighted by atomic mass is 16.7. The molecule has 2 aliphatic rings. The van der Waals surface area contributed by atoms with Crippen LogP contribution >= 0.6 is 0 Å². The predicted molar refractivity (Wildman–Crippen MR) is 424 cm³/mol. The van der Waals surface area contributed by atoms with Crippen molar-refractivity contribution < 1.29 is 64.6 Å². The van der Waals surface area contributed by atoms with Crippen molar-refractivity contribution in [2.75, 3.05) is 19.8 Å². The minimum absolute atomic E-state index is 0.244. The van der Waals surface area contributed by atoms with Gasteiger partial charge in [-0.05, 0) is 83.5 Å². The fourth-order valence-electron chi connectivity index (χ4n) is 13.6. The molecule has 14 nitrogen and oxygen atoms in total. The van der Waals surface area contributed by atoms with E-state index in [1.165, 1.54) is 257 Å². The van der Waals surface area contributed by atoms with Gasteiger partial charge in [-0.25, -0.2) is 0 Å². The van der Waals surface area contributed by atoms with Gasteiger partial charge in [0, 0.05) is 6.42 Å². The number of nitrogens with one attached hydrogen (secondary N) is 1. The molecule has 0 aromatic heterocycles. The number of aliphatic hydroxyl groups excluding tert-OH is 8. The summed E-state index contributed by atoms with van der Waals surface area (Å²) in [4.78, 5) is 13.4. The molecule has 0 bridgehead atoms. The van der Waals surface area contributed by atoms with E-state index in [0.29, 0.717) is 12.8 Å². The maximum absolute atomic E-state index is 13.4. The van der Waals surface area contributed by atoms with Gasteiger partial charge in [0.05, 0.1) is 32.0 Å². The highest BCUT2D eigenvalue weighted by molar-refractivity contribution is 5.76. The van der Waals surface area contributed by atoms with Gasteiger partial charge < -0.3 is 65.1 Å². The second-order valence-electron chi connectivity index (χ2n) is 29.6. The molecule has 12 unspecified atom stereocenters. The SMILES string of the molecule is CC/C=C\C/C=C\C/C=C\C/C=C\C/C=C\C/C=C\CCCCCCCCCCCCCCCCCCCCCCCCC(=O)NC(COC1OC(CO)C(OC2OC(CO)C(O)C(O)C2O)C(O)C1O)C(O)/C=C/CC/C=C/CCCCCCCCCCCCCCCCCCCCCCC. The Balaban J connectivity index is 1.58. The molecule has 2 fully saturated rings. The Bertz CT molecular complexity index is 2090. The number of amides is 1. The molecule has 0 aromatic rings. The fourth-order valence-corrected chi connectivity index (χ4v) is 13.6. The van der Waals surface area contributed by atoms with Gasteiger partial charge in [-0.15, -0.1) is 0 Å². The van der Waals surface area contributed by atoms with E-state index >= 15 is 0 Å². The number of rotatable bonds is 71. The molecule has 0 radical (unpaired) electrons. The molecule has 0 aliphatic carbocycles. The zero-order valence-electron chi connectivity index (χ0n) is 65.1. The monoisotopic (exact) mass is 1440 g/mol. The molecule has 14 heteroatoms. The van der Waals surface area contributed by atoms with Crippen LogP contribution in [0.15, 0.2) is 97.2 Å². The third-order valence-corrected chi connectivity index (χ3v) is 20.3. The van der Waals surface area contributed by atoms with Crippen LogP contribution in [0.5, 0.6) is 0 Å². The number of hydrogen-bond donors (Lipinski definition) is 9. The third-order valence-electron chi connectivity index (χ3n) is 20.3. The molecule has 2 aliphatic heterocycles. The van der Waals surface area contributed by atoms with Gasteiger partial charge >= 0.3 is 0 Å². The van der Waals surface area contributed by atoms with Crippen LogP contribution in [-0.2, 0) is 23.7 Å². The van der Waals surface area contributed by atoms with E-state index in [0.717, 1.165) is 70.6 Å². The van der Waals surface area contributed by atoms with Crippen molar-refractivity contribution in [3.8, 4) is 0 Å². The highest BCUT2D eigenvalue weighted by Crippen LogP contribution is 2.30. The Kier molecular flexibility index (Phi) is 66.0. The number of carbonyl (C=O) groups excluding carboxylic acids is 1. The predicted octanol–water partition coefficient (Wildman–Crippen LogP) is 20.0. The molecule has 2 rings (SSSR count). The first-order valence-electron chi connectivity index (χ1n) is 42.5. The van der Waals surface area contributed by atoms with Crippen molar-refractivity contribution >= 4 is 5.91 Å². The molecular weight excluding hydrogens is 1280 g/mol. The number of ether oxygens (including phenoxy) is 4. The lowest BCUT2D eigenvalue weighted by atomic mass is 9.97. The summed E-state index contributed by atoms with van der Waals surface area (Å²) < 4.78 is 22.9. The van der Waals surface area contributed by atoms with Crippen molar-refractivity contribution in [3.63, 3.8) is 0 Å². The summed E-state index contributed by atoms with van der Waals surface area (Å²) in [5.74, 6) is -0.244. The lowest BCUT2D eigenvalue weighted by molar-refractivity contribution is -0.359. The van der Waals surface area contributed by atoms with Crippen molar-refractivity contribution in [1.82, 2.24) is 5.32 Å². The van der Waals surface area contributed by atoms with Gasteiger partial charge in [-0.1, -0.05) is 368 Å². The Morgan fingerprint density at radius 2 is 0.686 bits per heavy atom. The Morgan fingerprint density at radius 3 is 1.08 bits per heavy atom. The lowest BCUT2D eigenvalue weighted by Gasteiger charge is -2.46. The van der Waals surface area contributed by atoms with Crippen molar-refractivity contribution in [1.29, 1.82) is 0 Å². The summed E-state index contributed by atoms with van der Waals surface area (Å²) in [6.45, 7) is 2.72. The van der Waals surface area contributed by atoms with E-state index in [1.807, 2.05) is 6.08 Å². The Labute approximate surface area is 623 Å². The molecule has 2 saturated heterocycles. The molecule has 592 valence electrons. The summed E-state index contributed by atoms with van der Waals surface area (Å²) in [5, 5.41) is 87.7. The van der Waals surface area contributed by atoms with Crippen molar-refractivity contribution in [3.05, 3.63) is 97.2 Å². The topological polar surface area (TPSA) is 228 Å². The van der Waals surface area contributed by atoms with Gasteiger partial charge in [-0.3, -0.25) is 4.79 Å². The minimum atomic E-state index is -1.79. The van der Waals surface area contributed by atoms with Crippen LogP contribution in [0.2, 0.25) is 0 Å². The summed E-state index contributed by atoms with van der Waals surface area (Å²) in [7, 11) is 0. The first kappa shape index (κ1) is 95.0. The fraction of sp³-hybridized carbons (Fsp3) is 0.807. The summed E-state index contributed by atoms with van der Waals surface area (Å²) in [6.07, 6.45) is 85.1. The number of allylic oxidation sites excluding steroid dienone is 15. The van der Waals surface area contributed by atoms with Gasteiger partial charge in [0.15, 0.2) is 12.6 Å². The highest BCUT2D eigenvalue weighted by Gasteiger charge is 2.51. The van der Waals surface area contributed by atoms with Crippen LogP contribution in [0, 0.1) is 0 Å². The summed E-state index contributed by atoms with van der Waals surface area (Å²) >= 11 is 0. The van der Waals surface area contributed by atoms with Crippen LogP contribution in [0.4, 0.5) is 0 Å². The standard InChI is InChI=1S/C88H157NO13/c1-3-5-7-9-11-13-15-17-19-21-23-25-27-29-31-32-33-34-35-36-37-38-39-40-41-42-43-44-46-48-50-52-54-56-58-60-62-64-66-68-70-72-80(93)89-76(75-99-87-85(98)83(96)86(79(74-91)101-87)102-88-84(97)82(95)81(94)78(73-90)100-88)77(92)71-69-67-65-63-61-59-57-55-53-51-49-47-45-30-28-26-24-22-20-18-16-14-12-10-8-6-4-2/h5,7,11,13,17,19,23,25,29,31,33-34,61,63,69,71,76-79,81-88,90-92,94-98H,3-4,6,8-10,12,14-16,18,20-22,24,26-28,30,32,35-60,62,64-68,70,72-75H2,1-2H3,(H,89,93)/b7-5-,13-11-,19-17-,25-23-,31-29-,34-33-,63-61+,71-69+. The molecule has 1 amide bonds. The second-order valence-corrected chi connectivity index (χ2v) is 29.6. The van der Waals surface area contributed by atoms with E-state index in [9.17, 15) is 45.6 Å². The first-order chi connectivity index (χ1) is 50.1. The quantitative estimate of drug-likeness (QED) is 0.0204. The zero-order chi connectivity index (χ0) is 73.7. The minimum Gasteiger partial charge on any atom is -0.394 e. The average Bonchev–Trinajstić information content (AvgIpc) is 0.790. The largest absolute Gasteiger partial charge is 0.394 e. The number of hydrogen-bond acceptors (Lipinski definition) is 13. The molecule has 0 spiro atoms. The van der Waals surface area contributed by atoms with Gasteiger partial charge in [-0.2, -0.15) is 0 Å². The molecule has 9 N–H and O–H groups in total. The van der Waals surface area contributed by atoms with Crippen LogP contribution in [0.1, 0.15) is 361 Å². The van der Waals surface area contributed by atoms with Crippen molar-refractivity contribution in [2.45, 2.75) is 434 Å². The lowest BCUT2D eigenvalue weighted by Crippen LogP contribution is -2.65. The zero-order valence-corrected chi connectivity index (χ0v) is 65.1. The third kappa shape index (κ3) is 52.8.